The molecule has 3 nitrogen and oxygen atoms in total. The lowest BCUT2D eigenvalue weighted by Crippen LogP contribution is -2.48. The van der Waals surface area contributed by atoms with Crippen molar-refractivity contribution in [2.75, 3.05) is 19.6 Å². The van der Waals surface area contributed by atoms with Gasteiger partial charge < -0.3 is 9.73 Å². The van der Waals surface area contributed by atoms with Crippen LogP contribution < -0.4 is 5.32 Å². The van der Waals surface area contributed by atoms with E-state index < -0.39 is 0 Å². The second-order valence-electron chi connectivity index (χ2n) is 4.85. The van der Waals surface area contributed by atoms with Crippen molar-refractivity contribution in [2.24, 2.45) is 0 Å². The van der Waals surface area contributed by atoms with Gasteiger partial charge in [0.05, 0.1) is 6.26 Å². The van der Waals surface area contributed by atoms with Crippen LogP contribution in [0.2, 0.25) is 0 Å². The van der Waals surface area contributed by atoms with Crippen molar-refractivity contribution in [3.63, 3.8) is 0 Å². The number of hydrogen-bond acceptors (Lipinski definition) is 3. The predicted octanol–water partition coefficient (Wildman–Crippen LogP) is 2.23. The quantitative estimate of drug-likeness (QED) is 0.857. The van der Waals surface area contributed by atoms with Gasteiger partial charge in [-0.3, -0.25) is 4.90 Å². The summed E-state index contributed by atoms with van der Waals surface area (Å²) in [6.07, 6.45) is 1.90. The number of benzene rings is 1. The highest BCUT2D eigenvalue weighted by Gasteiger charge is 2.17. The van der Waals surface area contributed by atoms with Gasteiger partial charge in [0.2, 0.25) is 0 Å². The summed E-state index contributed by atoms with van der Waals surface area (Å²) in [5.74, 6) is 0. The van der Waals surface area contributed by atoms with E-state index in [4.69, 9.17) is 4.42 Å². The van der Waals surface area contributed by atoms with E-state index in [0.29, 0.717) is 6.04 Å². The van der Waals surface area contributed by atoms with Gasteiger partial charge in [0.25, 0.3) is 0 Å². The molecule has 1 fully saturated rings. The van der Waals surface area contributed by atoms with Gasteiger partial charge in [0.15, 0.2) is 0 Å². The Morgan fingerprint density at radius 1 is 1.41 bits per heavy atom. The van der Waals surface area contributed by atoms with E-state index in [1.807, 2.05) is 18.4 Å². The van der Waals surface area contributed by atoms with E-state index in [1.165, 1.54) is 10.9 Å². The van der Waals surface area contributed by atoms with E-state index in [2.05, 4.69) is 29.3 Å². The van der Waals surface area contributed by atoms with Crippen molar-refractivity contribution < 1.29 is 4.42 Å². The first-order chi connectivity index (χ1) is 8.33. The summed E-state index contributed by atoms with van der Waals surface area (Å²) in [6.45, 7) is 6.53. The number of para-hydroxylation sites is 1. The largest absolute Gasteiger partial charge is 0.464 e. The number of piperazine rings is 1. The fraction of sp³-hybridized carbons (Fsp3) is 0.429. The molecule has 1 aliphatic heterocycles. The maximum absolute atomic E-state index is 5.58. The molecule has 0 unspecified atom stereocenters. The number of hydrogen-bond donors (Lipinski definition) is 1. The minimum atomic E-state index is 0.585. The summed E-state index contributed by atoms with van der Waals surface area (Å²) in [5, 5.41) is 4.71. The SMILES string of the molecule is C[C@@H]1CN(Cc2coc3ccccc23)CCN1. The Hall–Kier alpha value is -1.32. The zero-order chi connectivity index (χ0) is 11.7. The molecule has 0 radical (unpaired) electrons. The molecule has 17 heavy (non-hydrogen) atoms. The van der Waals surface area contributed by atoms with Crippen LogP contribution in [0.3, 0.4) is 0 Å². The molecule has 3 heteroatoms. The van der Waals surface area contributed by atoms with Gasteiger partial charge in [0.1, 0.15) is 5.58 Å². The molecule has 3 rings (SSSR count). The maximum atomic E-state index is 5.58. The molecule has 0 saturated carbocycles. The Labute approximate surface area is 101 Å². The van der Waals surface area contributed by atoms with Crippen molar-refractivity contribution >= 4 is 11.0 Å². The number of furan rings is 1. The summed E-state index contributed by atoms with van der Waals surface area (Å²) in [7, 11) is 0. The summed E-state index contributed by atoms with van der Waals surface area (Å²) in [6, 6.07) is 8.84. The van der Waals surface area contributed by atoms with E-state index in [9.17, 15) is 0 Å². The van der Waals surface area contributed by atoms with Crippen LogP contribution in [-0.4, -0.2) is 30.6 Å². The molecule has 1 aliphatic rings. The Kier molecular flexibility index (Phi) is 2.87. The standard InChI is InChI=1S/C14H18N2O/c1-11-8-16(7-6-15-11)9-12-10-17-14-5-3-2-4-13(12)14/h2-5,10-11,15H,6-9H2,1H3/t11-/m1/s1. The molecule has 90 valence electrons. The van der Waals surface area contributed by atoms with Crippen LogP contribution in [0.25, 0.3) is 11.0 Å². The lowest BCUT2D eigenvalue weighted by atomic mass is 10.1. The summed E-state index contributed by atoms with van der Waals surface area (Å²) in [4.78, 5) is 2.48. The summed E-state index contributed by atoms with van der Waals surface area (Å²) < 4.78 is 5.58. The van der Waals surface area contributed by atoms with Crippen LogP contribution in [0, 0.1) is 0 Å². The first-order valence-corrected chi connectivity index (χ1v) is 6.24. The Bertz CT molecular complexity index is 506. The minimum absolute atomic E-state index is 0.585. The highest BCUT2D eigenvalue weighted by Crippen LogP contribution is 2.22. The van der Waals surface area contributed by atoms with E-state index >= 15 is 0 Å². The average molecular weight is 230 g/mol. The molecule has 2 aromatic rings. The van der Waals surface area contributed by atoms with E-state index in [0.717, 1.165) is 31.8 Å². The molecule has 1 atom stereocenters. The number of rotatable bonds is 2. The lowest BCUT2D eigenvalue weighted by Gasteiger charge is -2.31. The number of nitrogens with one attached hydrogen (secondary N) is 1. The zero-order valence-electron chi connectivity index (χ0n) is 10.1. The lowest BCUT2D eigenvalue weighted by molar-refractivity contribution is 0.200. The van der Waals surface area contributed by atoms with Gasteiger partial charge in [-0.2, -0.15) is 0 Å². The molecule has 0 aliphatic carbocycles. The zero-order valence-corrected chi connectivity index (χ0v) is 10.1. The Morgan fingerprint density at radius 3 is 3.18 bits per heavy atom. The average Bonchev–Trinajstić information content (AvgIpc) is 2.73. The normalized spacial score (nSPS) is 22.1. The van der Waals surface area contributed by atoms with Gasteiger partial charge in [-0.05, 0) is 13.0 Å². The van der Waals surface area contributed by atoms with Crippen LogP contribution in [0.5, 0.6) is 0 Å². The van der Waals surface area contributed by atoms with Crippen LogP contribution in [0.4, 0.5) is 0 Å². The molecule has 1 aromatic carbocycles. The molecule has 1 N–H and O–H groups in total. The van der Waals surface area contributed by atoms with Crippen LogP contribution in [0.15, 0.2) is 34.9 Å². The van der Waals surface area contributed by atoms with Gasteiger partial charge in [-0.25, -0.2) is 0 Å². The molecule has 0 amide bonds. The van der Waals surface area contributed by atoms with Crippen molar-refractivity contribution in [1.82, 2.24) is 10.2 Å². The van der Waals surface area contributed by atoms with Crippen LogP contribution >= 0.6 is 0 Å². The fourth-order valence-electron chi connectivity index (χ4n) is 2.55. The fourth-order valence-corrected chi connectivity index (χ4v) is 2.55. The monoisotopic (exact) mass is 230 g/mol. The molecular weight excluding hydrogens is 212 g/mol. The number of nitrogens with zero attached hydrogens (tertiary/aromatic N) is 1. The molecular formula is C14H18N2O. The third-order valence-corrected chi connectivity index (χ3v) is 3.41. The van der Waals surface area contributed by atoms with Crippen molar-refractivity contribution in [3.8, 4) is 0 Å². The Morgan fingerprint density at radius 2 is 2.29 bits per heavy atom. The first kappa shape index (κ1) is 10.8. The van der Waals surface area contributed by atoms with Crippen LogP contribution in [0.1, 0.15) is 12.5 Å². The number of fused-ring (bicyclic) bond motifs is 1. The highest BCUT2D eigenvalue weighted by atomic mass is 16.3. The first-order valence-electron chi connectivity index (χ1n) is 6.24. The molecule has 1 aromatic heterocycles. The molecule has 1 saturated heterocycles. The van der Waals surface area contributed by atoms with Gasteiger partial charge in [-0.1, -0.05) is 18.2 Å². The highest BCUT2D eigenvalue weighted by molar-refractivity contribution is 5.80. The summed E-state index contributed by atoms with van der Waals surface area (Å²) in [5.41, 5.74) is 2.29. The topological polar surface area (TPSA) is 28.4 Å². The third kappa shape index (κ3) is 2.21. The predicted molar refractivity (Wildman–Crippen MR) is 69.0 cm³/mol. The van der Waals surface area contributed by atoms with E-state index in [1.54, 1.807) is 0 Å². The maximum Gasteiger partial charge on any atom is 0.134 e. The van der Waals surface area contributed by atoms with Crippen molar-refractivity contribution in [2.45, 2.75) is 19.5 Å². The minimum Gasteiger partial charge on any atom is -0.464 e. The third-order valence-electron chi connectivity index (χ3n) is 3.41. The second-order valence-corrected chi connectivity index (χ2v) is 4.85. The van der Waals surface area contributed by atoms with Gasteiger partial charge in [0, 0.05) is 43.2 Å². The van der Waals surface area contributed by atoms with Crippen LogP contribution in [-0.2, 0) is 6.54 Å². The molecule has 0 spiro atoms. The summed E-state index contributed by atoms with van der Waals surface area (Å²) >= 11 is 0. The molecule has 0 bridgehead atoms. The smallest absolute Gasteiger partial charge is 0.134 e. The van der Waals surface area contributed by atoms with Gasteiger partial charge >= 0.3 is 0 Å². The van der Waals surface area contributed by atoms with Crippen molar-refractivity contribution in [3.05, 3.63) is 36.1 Å². The molecule has 2 heterocycles. The second kappa shape index (κ2) is 4.51. The van der Waals surface area contributed by atoms with Crippen molar-refractivity contribution in [1.29, 1.82) is 0 Å². The van der Waals surface area contributed by atoms with Gasteiger partial charge in [-0.15, -0.1) is 0 Å². The Balaban J connectivity index is 1.80. The van der Waals surface area contributed by atoms with E-state index in [-0.39, 0.29) is 0 Å².